The summed E-state index contributed by atoms with van der Waals surface area (Å²) in [4.78, 5) is 90.4. The van der Waals surface area contributed by atoms with E-state index in [1.807, 2.05) is 0 Å². The van der Waals surface area contributed by atoms with Crippen molar-refractivity contribution in [2.75, 3.05) is 26.2 Å². The third-order valence-corrected chi connectivity index (χ3v) is 7.88. The zero-order valence-electron chi connectivity index (χ0n) is 29.8. The van der Waals surface area contributed by atoms with E-state index in [-0.39, 0.29) is 51.9 Å². The lowest BCUT2D eigenvalue weighted by atomic mass is 10.0. The third kappa shape index (κ3) is 15.8. The lowest BCUT2D eigenvalue weighted by Crippen LogP contribution is -2.62. The molecule has 0 radical (unpaired) electrons. The minimum Gasteiger partial charge on any atom is -0.480 e. The maximum Gasteiger partial charge on any atom is 0.328 e. The molecule has 0 heterocycles. The lowest BCUT2D eigenvalue weighted by Gasteiger charge is -2.28. The second-order valence-corrected chi connectivity index (χ2v) is 12.3. The van der Waals surface area contributed by atoms with Crippen LogP contribution in [0.15, 0.2) is 30.3 Å². The van der Waals surface area contributed by atoms with Crippen LogP contribution in [0.2, 0.25) is 0 Å². The van der Waals surface area contributed by atoms with Crippen molar-refractivity contribution in [1.29, 1.82) is 0 Å². The SMILES string of the molecule is C[C@@H](O)[C@H](NC(=O)[C@H](CCN)NC(=O)[C@H](CCN)NC(=O)[C@@H](NC(=O)[C@@H](Cc1ccccc1)NC(=O)[C@H](CN)NC(=O)[C@@H](N)CCN)[C@@H](C)O)C(=O)O. The Morgan fingerprint density at radius 2 is 0.981 bits per heavy atom. The molecule has 0 bridgehead atoms. The standard InChI is InChI=1S/C32H55N11O10/c1-16(44)24(31(51)39-20(9-12-34)27(47)38-21(10-13-35)28(48)43-25(17(2)45)32(52)53)42-29(49)22(14-18-6-4-3-5-7-18)40-30(50)23(15-36)41-26(46)19(37)8-11-33/h3-7,16-17,19-25,44-45H,8-15,33-37H2,1-2H3,(H,38,47)(H,39,51)(H,40,50)(H,41,46)(H,42,49)(H,43,48)(H,52,53)/t16-,17-,19+,20+,21+,22-,23+,24+,25+/m1/s1. The fourth-order valence-corrected chi connectivity index (χ4v) is 4.86. The van der Waals surface area contributed by atoms with Crippen molar-refractivity contribution < 1.29 is 48.9 Å². The number of carbonyl (C=O) groups excluding carboxylic acids is 6. The summed E-state index contributed by atoms with van der Waals surface area (Å²) in [7, 11) is 0. The first-order chi connectivity index (χ1) is 25.0. The average molecular weight is 754 g/mol. The number of aliphatic hydroxyl groups is 2. The number of nitrogens with two attached hydrogens (primary N) is 5. The van der Waals surface area contributed by atoms with E-state index in [1.54, 1.807) is 30.3 Å². The average Bonchev–Trinajstić information content (AvgIpc) is 3.10. The molecule has 1 aromatic carbocycles. The van der Waals surface area contributed by atoms with Gasteiger partial charge >= 0.3 is 5.97 Å². The molecule has 0 aliphatic heterocycles. The normalized spacial score (nSPS) is 16.2. The van der Waals surface area contributed by atoms with Crippen LogP contribution in [0, 0.1) is 0 Å². The van der Waals surface area contributed by atoms with Crippen LogP contribution in [-0.2, 0) is 40.0 Å². The van der Waals surface area contributed by atoms with E-state index in [4.69, 9.17) is 28.7 Å². The van der Waals surface area contributed by atoms with Gasteiger partial charge in [-0.1, -0.05) is 30.3 Å². The molecule has 0 unspecified atom stereocenters. The summed E-state index contributed by atoms with van der Waals surface area (Å²) in [6.45, 7) is 1.85. The topological polar surface area (TPSA) is 382 Å². The van der Waals surface area contributed by atoms with Crippen LogP contribution in [0.1, 0.15) is 38.7 Å². The van der Waals surface area contributed by atoms with E-state index in [0.29, 0.717) is 5.56 Å². The number of hydrogen-bond acceptors (Lipinski definition) is 14. The first kappa shape index (κ1) is 46.3. The molecule has 1 rings (SSSR count). The Kier molecular flexibility index (Phi) is 20.7. The van der Waals surface area contributed by atoms with E-state index in [1.165, 1.54) is 6.92 Å². The minimum absolute atomic E-state index is 0.0922. The van der Waals surface area contributed by atoms with Crippen LogP contribution in [0.25, 0.3) is 0 Å². The molecule has 0 saturated heterocycles. The smallest absolute Gasteiger partial charge is 0.328 e. The third-order valence-electron chi connectivity index (χ3n) is 7.88. The van der Waals surface area contributed by atoms with E-state index >= 15 is 0 Å². The van der Waals surface area contributed by atoms with Crippen molar-refractivity contribution >= 4 is 41.4 Å². The Morgan fingerprint density at radius 1 is 0.566 bits per heavy atom. The summed E-state index contributed by atoms with van der Waals surface area (Å²) >= 11 is 0. The van der Waals surface area contributed by atoms with Crippen molar-refractivity contribution in [2.24, 2.45) is 28.7 Å². The van der Waals surface area contributed by atoms with Crippen LogP contribution in [0.5, 0.6) is 0 Å². The first-order valence-electron chi connectivity index (χ1n) is 17.0. The Balaban J connectivity index is 3.23. The minimum atomic E-state index is -1.69. The maximum absolute atomic E-state index is 13.7. The van der Waals surface area contributed by atoms with Gasteiger partial charge in [-0.05, 0) is 58.3 Å². The molecule has 0 aromatic heterocycles. The molecular weight excluding hydrogens is 698 g/mol. The second-order valence-electron chi connectivity index (χ2n) is 12.3. The predicted molar refractivity (Wildman–Crippen MR) is 191 cm³/mol. The van der Waals surface area contributed by atoms with E-state index in [0.717, 1.165) is 6.92 Å². The highest BCUT2D eigenvalue weighted by atomic mass is 16.4. The molecule has 6 amide bonds. The molecule has 21 nitrogen and oxygen atoms in total. The van der Waals surface area contributed by atoms with Gasteiger partial charge in [-0.2, -0.15) is 0 Å². The Morgan fingerprint density at radius 3 is 1.45 bits per heavy atom. The van der Waals surface area contributed by atoms with Gasteiger partial charge in [-0.3, -0.25) is 28.8 Å². The fraction of sp³-hybridized carbons (Fsp3) is 0.594. The van der Waals surface area contributed by atoms with Crippen molar-refractivity contribution in [3.05, 3.63) is 35.9 Å². The van der Waals surface area contributed by atoms with Gasteiger partial charge in [-0.25, -0.2) is 4.79 Å². The molecule has 19 N–H and O–H groups in total. The van der Waals surface area contributed by atoms with Gasteiger partial charge in [0.15, 0.2) is 6.04 Å². The number of carboxylic acid groups (broad SMARTS) is 1. The predicted octanol–water partition coefficient (Wildman–Crippen LogP) is -6.68. The maximum atomic E-state index is 13.7. The molecule has 1 aromatic rings. The summed E-state index contributed by atoms with van der Waals surface area (Å²) in [5.41, 5.74) is 28.8. The van der Waals surface area contributed by atoms with Crippen molar-refractivity contribution in [3.63, 3.8) is 0 Å². The van der Waals surface area contributed by atoms with Gasteiger partial charge in [0.1, 0.15) is 30.2 Å². The number of aliphatic hydroxyl groups excluding tert-OH is 2. The molecule has 0 fully saturated rings. The molecule has 298 valence electrons. The number of carbonyl (C=O) groups is 7. The Bertz CT molecular complexity index is 1370. The van der Waals surface area contributed by atoms with E-state index in [2.05, 4.69) is 31.9 Å². The van der Waals surface area contributed by atoms with Crippen molar-refractivity contribution in [3.8, 4) is 0 Å². The number of benzene rings is 1. The summed E-state index contributed by atoms with van der Waals surface area (Å²) in [5, 5.41) is 43.8. The van der Waals surface area contributed by atoms with Crippen LogP contribution in [0.3, 0.4) is 0 Å². The van der Waals surface area contributed by atoms with Gasteiger partial charge < -0.3 is 75.9 Å². The van der Waals surface area contributed by atoms with Gasteiger partial charge in [0, 0.05) is 13.0 Å². The highest BCUT2D eigenvalue weighted by Crippen LogP contribution is 2.07. The molecule has 21 heteroatoms. The molecular formula is C32H55N11O10. The zero-order valence-corrected chi connectivity index (χ0v) is 29.8. The molecule has 0 saturated carbocycles. The first-order valence-corrected chi connectivity index (χ1v) is 17.0. The lowest BCUT2D eigenvalue weighted by molar-refractivity contribution is -0.145. The van der Waals surface area contributed by atoms with E-state index < -0.39 is 95.9 Å². The summed E-state index contributed by atoms with van der Waals surface area (Å²) < 4.78 is 0. The molecule has 0 aliphatic carbocycles. The number of rotatable bonds is 24. The van der Waals surface area contributed by atoms with E-state index in [9.17, 15) is 48.9 Å². The highest BCUT2D eigenvalue weighted by Gasteiger charge is 2.35. The molecule has 53 heavy (non-hydrogen) atoms. The van der Waals surface area contributed by atoms with Crippen LogP contribution in [0.4, 0.5) is 0 Å². The Hall–Kier alpha value is -4.77. The summed E-state index contributed by atoms with van der Waals surface area (Å²) in [5.74, 6) is -6.90. The monoisotopic (exact) mass is 753 g/mol. The molecule has 0 spiro atoms. The molecule has 0 aliphatic rings. The number of carboxylic acids is 1. The second kappa shape index (κ2) is 23.7. The summed E-state index contributed by atoms with van der Waals surface area (Å²) in [6, 6.07) is -1.35. The van der Waals surface area contributed by atoms with Crippen LogP contribution >= 0.6 is 0 Å². The Labute approximate surface area is 306 Å². The van der Waals surface area contributed by atoms with Gasteiger partial charge in [-0.15, -0.1) is 0 Å². The van der Waals surface area contributed by atoms with Crippen molar-refractivity contribution in [1.82, 2.24) is 31.9 Å². The zero-order chi connectivity index (χ0) is 40.2. The van der Waals surface area contributed by atoms with Gasteiger partial charge in [0.25, 0.3) is 0 Å². The number of amides is 6. The fourth-order valence-electron chi connectivity index (χ4n) is 4.86. The van der Waals surface area contributed by atoms with Crippen molar-refractivity contribution in [2.45, 2.75) is 94.0 Å². The summed E-state index contributed by atoms with van der Waals surface area (Å²) in [6.07, 6.45) is -3.29. The van der Waals surface area contributed by atoms with Crippen LogP contribution in [-0.4, -0.2) is 137 Å². The quantitative estimate of drug-likeness (QED) is 0.0467. The highest BCUT2D eigenvalue weighted by molar-refractivity contribution is 5.97. The number of hydrogen-bond donors (Lipinski definition) is 14. The van der Waals surface area contributed by atoms with Gasteiger partial charge in [0.2, 0.25) is 35.4 Å². The number of aliphatic carboxylic acids is 1. The van der Waals surface area contributed by atoms with Crippen LogP contribution < -0.4 is 60.6 Å². The largest absolute Gasteiger partial charge is 0.480 e. The molecule has 9 atom stereocenters. The number of nitrogens with one attached hydrogen (secondary N) is 6. The van der Waals surface area contributed by atoms with Gasteiger partial charge in [0.05, 0.1) is 18.2 Å².